The van der Waals surface area contributed by atoms with Gasteiger partial charge in [0.1, 0.15) is 0 Å². The molecule has 0 heterocycles. The van der Waals surface area contributed by atoms with Crippen molar-refractivity contribution in [1.29, 1.82) is 0 Å². The molecule has 3 aliphatic carbocycles. The molecular weight excluding hydrogens is 557 g/mol. The Morgan fingerprint density at radius 3 is 0.850 bits per heavy atom. The average molecular weight is 623 g/mol. The van der Waals surface area contributed by atoms with Crippen LogP contribution >= 0.6 is 0 Å². The van der Waals surface area contributed by atoms with E-state index in [4.69, 9.17) is 0 Å². The van der Waals surface area contributed by atoms with Crippen LogP contribution < -0.4 is 10.6 Å². The molecule has 0 aliphatic heterocycles. The zero-order valence-corrected chi connectivity index (χ0v) is 32.5. The van der Waals surface area contributed by atoms with Crippen LogP contribution in [0, 0.1) is 11.8 Å². The minimum absolute atomic E-state index is 0.199. The molecule has 2 N–H and O–H groups in total. The average Bonchev–Trinajstić information content (AvgIpc) is 2.82. The van der Waals surface area contributed by atoms with Crippen LogP contribution in [0.15, 0.2) is 0 Å². The first-order valence-electron chi connectivity index (χ1n) is 16.7. The zero-order valence-electron chi connectivity index (χ0n) is 28.5. The Labute approximate surface area is 252 Å². The molecule has 4 nitrogen and oxygen atoms in total. The van der Waals surface area contributed by atoms with Crippen LogP contribution in [0.1, 0.15) is 64.2 Å². The second-order valence-electron chi connectivity index (χ2n) is 18.6. The topological polar surface area (TPSA) is 58.2 Å². The first-order valence-corrected chi connectivity index (χ1v) is 31.1. The fourth-order valence-electron chi connectivity index (χ4n) is 7.91. The van der Waals surface area contributed by atoms with Crippen molar-refractivity contribution in [2.45, 2.75) is 177 Å². The molecule has 3 rings (SSSR count). The number of amides is 2. The molecule has 8 heteroatoms. The summed E-state index contributed by atoms with van der Waals surface area (Å²) in [5.41, 5.74) is 3.06. The standard InChI is InChI=1S/C32H66N2O2Si4/c1-37(2,3)27-17-23(18-28(21-27)38(4,5)6)31(35)33-25-13-15-26(16-14-25)34-32(36)24-19-29(39(7,8)9)22-30(20-24)40(10,11)12/h23-30H,13-22H2,1-12H3,(H,33,35)(H,34,36). The van der Waals surface area contributed by atoms with Gasteiger partial charge in [0.05, 0.1) is 0 Å². The van der Waals surface area contributed by atoms with Crippen LogP contribution in [-0.2, 0) is 9.59 Å². The normalized spacial score (nSPS) is 34.7. The van der Waals surface area contributed by atoms with Crippen molar-refractivity contribution in [3.63, 3.8) is 0 Å². The van der Waals surface area contributed by atoms with E-state index in [0.717, 1.165) is 73.5 Å². The summed E-state index contributed by atoms with van der Waals surface area (Å²) in [6.45, 7) is 30.0. The summed E-state index contributed by atoms with van der Waals surface area (Å²) < 4.78 is 0. The van der Waals surface area contributed by atoms with Gasteiger partial charge in [-0.15, -0.1) is 0 Å². The molecule has 40 heavy (non-hydrogen) atoms. The Kier molecular flexibility index (Phi) is 11.0. The van der Waals surface area contributed by atoms with E-state index in [1.807, 2.05) is 0 Å². The molecule has 3 saturated carbocycles. The Morgan fingerprint density at radius 2 is 0.650 bits per heavy atom. The summed E-state index contributed by atoms with van der Waals surface area (Å²) in [6, 6.07) is 0.556. The lowest BCUT2D eigenvalue weighted by Gasteiger charge is -2.45. The number of hydrogen-bond donors (Lipinski definition) is 2. The van der Waals surface area contributed by atoms with E-state index in [2.05, 4.69) is 89.2 Å². The van der Waals surface area contributed by atoms with E-state index in [0.29, 0.717) is 11.8 Å². The van der Waals surface area contributed by atoms with Gasteiger partial charge in [0.15, 0.2) is 0 Å². The van der Waals surface area contributed by atoms with Crippen molar-refractivity contribution in [3.05, 3.63) is 0 Å². The van der Waals surface area contributed by atoms with Gasteiger partial charge in [-0.3, -0.25) is 9.59 Å². The third kappa shape index (κ3) is 9.40. The highest BCUT2D eigenvalue weighted by atomic mass is 28.3. The lowest BCUT2D eigenvalue weighted by molar-refractivity contribution is -0.128. The van der Waals surface area contributed by atoms with Crippen molar-refractivity contribution in [2.24, 2.45) is 11.8 Å². The van der Waals surface area contributed by atoms with Crippen LogP contribution in [0.4, 0.5) is 0 Å². The molecule has 0 bridgehead atoms. The molecular formula is C32H66N2O2Si4. The quantitative estimate of drug-likeness (QED) is 0.266. The SMILES string of the molecule is C[Si](C)(C)C1CC(C(=O)NC2CCC(NC(=O)C3CC([Si](C)(C)C)CC([Si](C)(C)C)C3)CC2)CC([Si](C)(C)C)C1. The van der Waals surface area contributed by atoms with E-state index >= 15 is 0 Å². The van der Waals surface area contributed by atoms with E-state index in [9.17, 15) is 9.59 Å². The first-order chi connectivity index (χ1) is 18.1. The number of nitrogens with one attached hydrogen (secondary N) is 2. The van der Waals surface area contributed by atoms with E-state index < -0.39 is 32.3 Å². The van der Waals surface area contributed by atoms with Crippen LogP contribution in [-0.4, -0.2) is 56.2 Å². The predicted molar refractivity (Wildman–Crippen MR) is 185 cm³/mol. The molecule has 3 fully saturated rings. The third-order valence-electron chi connectivity index (χ3n) is 11.5. The maximum atomic E-state index is 13.6. The van der Waals surface area contributed by atoms with Crippen LogP contribution in [0.2, 0.25) is 101 Å². The molecule has 2 amide bonds. The maximum Gasteiger partial charge on any atom is 0.223 e. The van der Waals surface area contributed by atoms with Gasteiger partial charge in [0.25, 0.3) is 0 Å². The van der Waals surface area contributed by atoms with Gasteiger partial charge in [-0.2, -0.15) is 0 Å². The summed E-state index contributed by atoms with van der Waals surface area (Å²) in [7, 11) is -5.12. The minimum Gasteiger partial charge on any atom is -0.353 e. The Morgan fingerprint density at radius 1 is 0.425 bits per heavy atom. The summed E-state index contributed by atoms with van der Waals surface area (Å²) in [6.07, 6.45) is 11.1. The van der Waals surface area contributed by atoms with Gasteiger partial charge in [0.2, 0.25) is 11.8 Å². The van der Waals surface area contributed by atoms with Gasteiger partial charge in [0, 0.05) is 56.2 Å². The fraction of sp³-hybridized carbons (Fsp3) is 0.938. The predicted octanol–water partition coefficient (Wildman–Crippen LogP) is 8.96. The summed E-state index contributed by atoms with van der Waals surface area (Å²) in [5.74, 6) is 1.06. The molecule has 0 aromatic heterocycles. The monoisotopic (exact) mass is 622 g/mol. The third-order valence-corrected chi connectivity index (χ3v) is 23.2. The van der Waals surface area contributed by atoms with Crippen molar-refractivity contribution in [2.75, 3.05) is 0 Å². The highest BCUT2D eigenvalue weighted by Gasteiger charge is 2.44. The van der Waals surface area contributed by atoms with Crippen molar-refractivity contribution < 1.29 is 9.59 Å². The molecule has 0 spiro atoms. The molecule has 0 aromatic carbocycles. The Bertz CT molecular complexity index is 759. The number of hydrogen-bond acceptors (Lipinski definition) is 2. The van der Waals surface area contributed by atoms with E-state index in [1.54, 1.807) is 0 Å². The molecule has 4 atom stereocenters. The largest absolute Gasteiger partial charge is 0.353 e. The van der Waals surface area contributed by atoms with Gasteiger partial charge in [-0.05, 0) is 73.5 Å². The lowest BCUT2D eigenvalue weighted by Crippen LogP contribution is -2.49. The highest BCUT2D eigenvalue weighted by Crippen LogP contribution is 2.50. The van der Waals surface area contributed by atoms with E-state index in [1.165, 1.54) is 12.8 Å². The smallest absolute Gasteiger partial charge is 0.223 e. The molecule has 232 valence electrons. The fourth-order valence-corrected chi connectivity index (χ4v) is 16.3. The lowest BCUT2D eigenvalue weighted by atomic mass is 9.85. The van der Waals surface area contributed by atoms with Gasteiger partial charge < -0.3 is 10.6 Å². The molecule has 0 aromatic rings. The van der Waals surface area contributed by atoms with Crippen molar-refractivity contribution in [1.82, 2.24) is 10.6 Å². The van der Waals surface area contributed by atoms with Crippen LogP contribution in [0.5, 0.6) is 0 Å². The number of carbonyl (C=O) groups is 2. The van der Waals surface area contributed by atoms with Crippen LogP contribution in [0.25, 0.3) is 0 Å². The summed E-state index contributed by atoms with van der Waals surface area (Å²) in [5, 5.41) is 7.01. The molecule has 4 unspecified atom stereocenters. The van der Waals surface area contributed by atoms with Crippen molar-refractivity contribution >= 4 is 44.1 Å². The van der Waals surface area contributed by atoms with Gasteiger partial charge in [-0.25, -0.2) is 0 Å². The first kappa shape index (κ1) is 34.3. The second-order valence-corrected chi connectivity index (χ2v) is 40.8. The minimum atomic E-state index is -1.28. The van der Waals surface area contributed by atoms with Crippen molar-refractivity contribution in [3.8, 4) is 0 Å². The second kappa shape index (κ2) is 12.8. The highest BCUT2D eigenvalue weighted by molar-refractivity contribution is 6.80. The number of rotatable bonds is 8. The van der Waals surface area contributed by atoms with E-state index in [-0.39, 0.29) is 23.9 Å². The molecule has 0 saturated heterocycles. The number of carbonyl (C=O) groups excluding carboxylic acids is 2. The van der Waals surface area contributed by atoms with Gasteiger partial charge >= 0.3 is 0 Å². The molecule has 3 aliphatic rings. The summed E-state index contributed by atoms with van der Waals surface area (Å²) >= 11 is 0. The maximum absolute atomic E-state index is 13.6. The van der Waals surface area contributed by atoms with Crippen LogP contribution in [0.3, 0.4) is 0 Å². The Hall–Kier alpha value is -0.192. The Balaban J connectivity index is 1.53. The van der Waals surface area contributed by atoms with Gasteiger partial charge in [-0.1, -0.05) is 91.4 Å². The summed E-state index contributed by atoms with van der Waals surface area (Å²) in [4.78, 5) is 27.1. The zero-order chi connectivity index (χ0) is 30.3. The molecule has 0 radical (unpaired) electrons.